The Hall–Kier alpha value is -2.41. The first-order chi connectivity index (χ1) is 10.9. The average molecular weight is 322 g/mol. The van der Waals surface area contributed by atoms with Crippen molar-refractivity contribution in [2.24, 2.45) is 5.73 Å². The van der Waals surface area contributed by atoms with E-state index in [1.165, 1.54) is 6.92 Å². The van der Waals surface area contributed by atoms with Gasteiger partial charge in [-0.15, -0.1) is 0 Å². The van der Waals surface area contributed by atoms with Crippen LogP contribution in [-0.2, 0) is 16.1 Å². The minimum absolute atomic E-state index is 0.0159. The van der Waals surface area contributed by atoms with Gasteiger partial charge in [-0.25, -0.2) is 4.79 Å². The molecular formula is C16H22N2O5. The van der Waals surface area contributed by atoms with Crippen molar-refractivity contribution in [3.63, 3.8) is 0 Å². The number of nitrogens with one attached hydrogen (secondary N) is 1. The second kappa shape index (κ2) is 9.58. The summed E-state index contributed by atoms with van der Waals surface area (Å²) in [6.45, 7) is 2.00. The molecule has 0 aliphatic carbocycles. The summed E-state index contributed by atoms with van der Waals surface area (Å²) in [4.78, 5) is 33.1. The number of aliphatic carboxylic acids is 1. The number of benzene rings is 1. The smallest absolute Gasteiger partial charge is 0.407 e. The van der Waals surface area contributed by atoms with E-state index in [2.05, 4.69) is 5.32 Å². The summed E-state index contributed by atoms with van der Waals surface area (Å²) < 4.78 is 5.04. The van der Waals surface area contributed by atoms with Crippen LogP contribution < -0.4 is 11.1 Å². The molecule has 23 heavy (non-hydrogen) atoms. The molecule has 0 aromatic heterocycles. The summed E-state index contributed by atoms with van der Waals surface area (Å²) in [7, 11) is 0. The van der Waals surface area contributed by atoms with Crippen molar-refractivity contribution in [1.29, 1.82) is 0 Å². The van der Waals surface area contributed by atoms with Gasteiger partial charge in [-0.05, 0) is 31.7 Å². The molecule has 0 aliphatic rings. The third-order valence-electron chi connectivity index (χ3n) is 3.26. The molecule has 0 saturated heterocycles. The number of carbonyl (C=O) groups excluding carboxylic acids is 2. The maximum Gasteiger partial charge on any atom is 0.407 e. The van der Waals surface area contributed by atoms with Gasteiger partial charge in [0.2, 0.25) is 0 Å². The van der Waals surface area contributed by atoms with Crippen LogP contribution >= 0.6 is 0 Å². The van der Waals surface area contributed by atoms with E-state index in [1.807, 2.05) is 0 Å². The fourth-order valence-corrected chi connectivity index (χ4v) is 1.84. The molecule has 0 radical (unpaired) electrons. The number of alkyl carbamates (subject to hydrolysis) is 1. The molecule has 0 aliphatic heterocycles. The zero-order chi connectivity index (χ0) is 17.2. The van der Waals surface area contributed by atoms with Gasteiger partial charge >= 0.3 is 12.1 Å². The quantitative estimate of drug-likeness (QED) is 0.470. The Morgan fingerprint density at radius 2 is 1.87 bits per heavy atom. The van der Waals surface area contributed by atoms with Crippen LogP contribution in [0.15, 0.2) is 24.3 Å². The Morgan fingerprint density at radius 1 is 1.22 bits per heavy atom. The number of carbonyl (C=O) groups is 3. The Balaban J connectivity index is 2.17. The SMILES string of the molecule is CC(=O)c1ccc(COC(=O)NCCCC[C@H](N)C(=O)O)cc1. The summed E-state index contributed by atoms with van der Waals surface area (Å²) in [5, 5.41) is 11.2. The lowest BCUT2D eigenvalue weighted by Crippen LogP contribution is -2.30. The molecule has 1 amide bonds. The monoisotopic (exact) mass is 322 g/mol. The minimum atomic E-state index is -1.02. The van der Waals surface area contributed by atoms with Crippen LogP contribution in [0.3, 0.4) is 0 Å². The van der Waals surface area contributed by atoms with Gasteiger partial charge in [0.15, 0.2) is 5.78 Å². The van der Waals surface area contributed by atoms with Crippen LogP contribution in [0, 0.1) is 0 Å². The molecule has 0 heterocycles. The Bertz CT molecular complexity index is 542. The molecule has 1 atom stereocenters. The number of hydrogen-bond acceptors (Lipinski definition) is 5. The number of carboxylic acids is 1. The standard InChI is InChI=1S/C16H22N2O5/c1-11(19)13-7-5-12(6-8-13)10-23-16(22)18-9-3-2-4-14(17)15(20)21/h5-8,14H,2-4,9-10,17H2,1H3,(H,18,22)(H,20,21)/t14-/m0/s1. The number of ketones is 1. The summed E-state index contributed by atoms with van der Waals surface area (Å²) >= 11 is 0. The Labute approximate surface area is 134 Å². The van der Waals surface area contributed by atoms with Gasteiger partial charge in [0, 0.05) is 12.1 Å². The van der Waals surface area contributed by atoms with Gasteiger partial charge in [-0.2, -0.15) is 0 Å². The van der Waals surface area contributed by atoms with Crippen molar-refractivity contribution < 1.29 is 24.2 Å². The summed E-state index contributed by atoms with van der Waals surface area (Å²) in [6.07, 6.45) is 1.07. The predicted molar refractivity (Wildman–Crippen MR) is 84.1 cm³/mol. The van der Waals surface area contributed by atoms with E-state index in [-0.39, 0.29) is 12.4 Å². The van der Waals surface area contributed by atoms with Crippen molar-refractivity contribution >= 4 is 17.8 Å². The van der Waals surface area contributed by atoms with Gasteiger partial charge in [0.05, 0.1) is 0 Å². The summed E-state index contributed by atoms with van der Waals surface area (Å²) in [5.74, 6) is -1.04. The number of Topliss-reactive ketones (excluding diaryl/α,β-unsaturated/α-hetero) is 1. The molecule has 1 aromatic carbocycles. The highest BCUT2D eigenvalue weighted by Gasteiger charge is 2.10. The third kappa shape index (κ3) is 7.42. The first-order valence-electron chi connectivity index (χ1n) is 7.39. The molecule has 0 unspecified atom stereocenters. The van der Waals surface area contributed by atoms with Crippen LogP contribution in [0.1, 0.15) is 42.1 Å². The lowest BCUT2D eigenvalue weighted by atomic mass is 10.1. The fraction of sp³-hybridized carbons (Fsp3) is 0.438. The van der Waals surface area contributed by atoms with Crippen molar-refractivity contribution in [2.45, 2.75) is 38.8 Å². The van der Waals surface area contributed by atoms with E-state index in [0.29, 0.717) is 31.4 Å². The van der Waals surface area contributed by atoms with Crippen molar-refractivity contribution in [3.8, 4) is 0 Å². The lowest BCUT2D eigenvalue weighted by Gasteiger charge is -2.08. The fourth-order valence-electron chi connectivity index (χ4n) is 1.84. The molecule has 7 heteroatoms. The predicted octanol–water partition coefficient (Wildman–Crippen LogP) is 1.70. The van der Waals surface area contributed by atoms with Gasteiger partial charge in [0.1, 0.15) is 12.6 Å². The van der Waals surface area contributed by atoms with Crippen LogP contribution in [-0.4, -0.2) is 35.5 Å². The summed E-state index contributed by atoms with van der Waals surface area (Å²) in [5.41, 5.74) is 6.77. The van der Waals surface area contributed by atoms with Gasteiger partial charge in [-0.3, -0.25) is 9.59 Å². The Morgan fingerprint density at radius 3 is 2.43 bits per heavy atom. The molecule has 1 aromatic rings. The van der Waals surface area contributed by atoms with E-state index in [9.17, 15) is 14.4 Å². The maximum atomic E-state index is 11.5. The molecule has 0 saturated carbocycles. The molecule has 0 fully saturated rings. The van der Waals surface area contributed by atoms with Crippen molar-refractivity contribution in [3.05, 3.63) is 35.4 Å². The normalized spacial score (nSPS) is 11.6. The van der Waals surface area contributed by atoms with Crippen LogP contribution in [0.25, 0.3) is 0 Å². The molecule has 0 bridgehead atoms. The van der Waals surface area contributed by atoms with Crippen LogP contribution in [0.5, 0.6) is 0 Å². The number of unbranched alkanes of at least 4 members (excludes halogenated alkanes) is 1. The number of rotatable bonds is 9. The van der Waals surface area contributed by atoms with E-state index < -0.39 is 18.1 Å². The molecule has 4 N–H and O–H groups in total. The van der Waals surface area contributed by atoms with Gasteiger partial charge in [0.25, 0.3) is 0 Å². The lowest BCUT2D eigenvalue weighted by molar-refractivity contribution is -0.138. The van der Waals surface area contributed by atoms with Gasteiger partial charge in [-0.1, -0.05) is 24.3 Å². The second-order valence-corrected chi connectivity index (χ2v) is 5.20. The largest absolute Gasteiger partial charge is 0.480 e. The highest BCUT2D eigenvalue weighted by molar-refractivity contribution is 5.94. The van der Waals surface area contributed by atoms with E-state index >= 15 is 0 Å². The second-order valence-electron chi connectivity index (χ2n) is 5.20. The number of carboxylic acid groups (broad SMARTS) is 1. The first kappa shape index (κ1) is 18.6. The summed E-state index contributed by atoms with van der Waals surface area (Å²) in [6, 6.07) is 5.98. The van der Waals surface area contributed by atoms with E-state index in [0.717, 1.165) is 5.56 Å². The van der Waals surface area contributed by atoms with Crippen molar-refractivity contribution in [1.82, 2.24) is 5.32 Å². The first-order valence-corrected chi connectivity index (χ1v) is 7.39. The molecule has 7 nitrogen and oxygen atoms in total. The molecule has 1 rings (SSSR count). The number of hydrogen-bond donors (Lipinski definition) is 3. The van der Waals surface area contributed by atoms with Crippen molar-refractivity contribution in [2.75, 3.05) is 6.54 Å². The zero-order valence-electron chi connectivity index (χ0n) is 13.1. The number of nitrogens with two attached hydrogens (primary N) is 1. The van der Waals surface area contributed by atoms with E-state index in [1.54, 1.807) is 24.3 Å². The highest BCUT2D eigenvalue weighted by Crippen LogP contribution is 2.06. The molecule has 126 valence electrons. The molecular weight excluding hydrogens is 300 g/mol. The maximum absolute atomic E-state index is 11.5. The number of amides is 1. The molecule has 0 spiro atoms. The number of ether oxygens (including phenoxy) is 1. The highest BCUT2D eigenvalue weighted by atomic mass is 16.5. The topological polar surface area (TPSA) is 119 Å². The van der Waals surface area contributed by atoms with Crippen LogP contribution in [0.2, 0.25) is 0 Å². The zero-order valence-corrected chi connectivity index (χ0v) is 13.1. The Kier molecular flexibility index (Phi) is 7.76. The average Bonchev–Trinajstić information content (AvgIpc) is 2.52. The third-order valence-corrected chi connectivity index (χ3v) is 3.26. The van der Waals surface area contributed by atoms with E-state index in [4.69, 9.17) is 15.6 Å². The van der Waals surface area contributed by atoms with Gasteiger partial charge < -0.3 is 20.9 Å². The minimum Gasteiger partial charge on any atom is -0.480 e. The van der Waals surface area contributed by atoms with Crippen LogP contribution in [0.4, 0.5) is 4.79 Å².